The molecule has 9 rings (SSSR count). The van der Waals surface area contributed by atoms with Crippen LogP contribution >= 0.6 is 0 Å². The van der Waals surface area contributed by atoms with Gasteiger partial charge in [0, 0.05) is 92.1 Å². The van der Waals surface area contributed by atoms with E-state index in [0.29, 0.717) is 37.3 Å². The number of fused-ring (bicyclic) bond motifs is 2. The van der Waals surface area contributed by atoms with E-state index in [1.54, 1.807) is 0 Å². The van der Waals surface area contributed by atoms with Gasteiger partial charge in [0.2, 0.25) is 11.8 Å². The minimum Gasteiger partial charge on any atom is -0.332 e. The first-order valence-electron chi connectivity index (χ1n) is 22.1. The number of allylic oxidation sites excluding steroid dienone is 1. The molecule has 3 aliphatic rings. The van der Waals surface area contributed by atoms with Crippen LogP contribution in [0.5, 0.6) is 0 Å². The molecule has 0 bridgehead atoms. The number of benzene rings is 4. The summed E-state index contributed by atoms with van der Waals surface area (Å²) in [6.07, 6.45) is 11.2. The van der Waals surface area contributed by atoms with E-state index in [1.165, 1.54) is 0 Å². The third-order valence-electron chi connectivity index (χ3n) is 12.2. The molecule has 318 valence electrons. The molecule has 0 aliphatic carbocycles. The second-order valence-electron chi connectivity index (χ2n) is 16.6. The van der Waals surface area contributed by atoms with Crippen molar-refractivity contribution in [2.24, 2.45) is 0 Å². The van der Waals surface area contributed by atoms with Crippen LogP contribution in [-0.4, -0.2) is 93.2 Å². The molecule has 6 aromatic rings. The number of aromatic nitrogens is 3. The Labute approximate surface area is 374 Å². The molecule has 10 nitrogen and oxygen atoms in total. The molecule has 1 N–H and O–H groups in total. The lowest BCUT2D eigenvalue weighted by molar-refractivity contribution is -0.134. The maximum atomic E-state index is 13.6. The van der Waals surface area contributed by atoms with Crippen LogP contribution in [0.2, 0.25) is 0 Å². The van der Waals surface area contributed by atoms with Gasteiger partial charge in [0.1, 0.15) is 0 Å². The highest BCUT2D eigenvalue weighted by molar-refractivity contribution is 6.01. The molecule has 0 saturated carbocycles. The zero-order chi connectivity index (χ0) is 43.7. The normalized spacial score (nSPS) is 16.7. The summed E-state index contributed by atoms with van der Waals surface area (Å²) in [5.41, 5.74) is 9.51. The quantitative estimate of drug-likeness (QED) is 0.122. The van der Waals surface area contributed by atoms with Crippen molar-refractivity contribution in [3.8, 4) is 35.1 Å². The fraction of sp³-hybridized carbons (Fsp3) is 0.259. The standard InChI is InChI=1S/C54H49N7O3/c62-51-25-24-48(53(63)58-51)44-14-6-11-42(34-44)8-3-4-27-59-30-32-60(33-31-59)28-7-12-41-18-16-39(17-19-41)9-5-10-40-20-22-43(23-21-40)54(64)61-29-26-46-36-56-52(57-50(46)38-61)47-35-45-13-1-2-15-49(45)55-37-47/h1-2,5-6,9,11,13-23,34-37,48H,4,10,24-33,38H2,(H,58,62,63)/b9-5+. The van der Waals surface area contributed by atoms with Crippen molar-refractivity contribution in [2.45, 2.75) is 44.6 Å². The van der Waals surface area contributed by atoms with Crippen molar-refractivity contribution in [3.63, 3.8) is 0 Å². The van der Waals surface area contributed by atoms with Crippen LogP contribution in [-0.2, 0) is 29.0 Å². The Kier molecular flexibility index (Phi) is 13.1. The number of nitrogens with one attached hydrogen (secondary N) is 1. The van der Waals surface area contributed by atoms with Gasteiger partial charge in [-0.25, -0.2) is 9.97 Å². The van der Waals surface area contributed by atoms with Gasteiger partial charge in [0.15, 0.2) is 5.82 Å². The van der Waals surface area contributed by atoms with Gasteiger partial charge in [-0.1, -0.05) is 90.4 Å². The van der Waals surface area contributed by atoms with Crippen LogP contribution in [0.15, 0.2) is 122 Å². The Balaban J connectivity index is 0.688. The molecule has 3 amide bonds. The maximum Gasteiger partial charge on any atom is 0.254 e. The van der Waals surface area contributed by atoms with E-state index in [-0.39, 0.29) is 23.6 Å². The molecule has 64 heavy (non-hydrogen) atoms. The van der Waals surface area contributed by atoms with Gasteiger partial charge in [-0.15, -0.1) is 0 Å². The number of carbonyl (C=O) groups is 3. The summed E-state index contributed by atoms with van der Waals surface area (Å²) in [5, 5.41) is 3.48. The van der Waals surface area contributed by atoms with Crippen molar-refractivity contribution in [1.29, 1.82) is 0 Å². The SMILES string of the molecule is O=C1CCC(c2cccc(C#CCCN3CCN(CC#Cc4ccc(/C=C/Cc5ccc(C(=O)N6CCc7cnc(-c8cnc9ccccc9c8)nc7C6)cc5)cc4)CC3)c2)C(=O)N1. The molecule has 2 fully saturated rings. The van der Waals surface area contributed by atoms with E-state index in [2.05, 4.69) is 91.3 Å². The van der Waals surface area contributed by atoms with Crippen molar-refractivity contribution < 1.29 is 14.4 Å². The average molecular weight is 844 g/mol. The lowest BCUT2D eigenvalue weighted by atomic mass is 9.90. The van der Waals surface area contributed by atoms with E-state index in [0.717, 1.165) is 114 Å². The predicted molar refractivity (Wildman–Crippen MR) is 250 cm³/mol. The monoisotopic (exact) mass is 843 g/mol. The zero-order valence-electron chi connectivity index (χ0n) is 35.8. The van der Waals surface area contributed by atoms with Gasteiger partial charge < -0.3 is 4.90 Å². The van der Waals surface area contributed by atoms with Crippen LogP contribution in [0, 0.1) is 23.7 Å². The number of hydrogen-bond acceptors (Lipinski definition) is 8. The third-order valence-corrected chi connectivity index (χ3v) is 12.2. The summed E-state index contributed by atoms with van der Waals surface area (Å²) in [7, 11) is 0. The molecule has 0 radical (unpaired) electrons. The predicted octanol–water partition coefficient (Wildman–Crippen LogP) is 7.08. The first-order valence-corrected chi connectivity index (χ1v) is 22.1. The summed E-state index contributed by atoms with van der Waals surface area (Å²) in [4.78, 5) is 58.2. The molecular formula is C54H49N7O3. The lowest BCUT2D eigenvalue weighted by Crippen LogP contribution is -2.46. The summed E-state index contributed by atoms with van der Waals surface area (Å²) in [5.74, 6) is 13.2. The summed E-state index contributed by atoms with van der Waals surface area (Å²) < 4.78 is 0. The van der Waals surface area contributed by atoms with E-state index >= 15 is 0 Å². The summed E-state index contributed by atoms with van der Waals surface area (Å²) in [6, 6.07) is 34.1. The van der Waals surface area contributed by atoms with E-state index in [1.807, 2.05) is 90.1 Å². The van der Waals surface area contributed by atoms with Gasteiger partial charge in [0.05, 0.1) is 30.2 Å². The fourth-order valence-electron chi connectivity index (χ4n) is 8.43. The molecule has 5 heterocycles. The number of nitrogens with zero attached hydrogens (tertiary/aromatic N) is 6. The molecule has 2 saturated heterocycles. The van der Waals surface area contributed by atoms with Crippen molar-refractivity contribution in [3.05, 3.63) is 166 Å². The molecule has 2 aromatic heterocycles. The summed E-state index contributed by atoms with van der Waals surface area (Å²) >= 11 is 0. The van der Waals surface area contributed by atoms with Gasteiger partial charge in [-0.2, -0.15) is 0 Å². The number of para-hydroxylation sites is 1. The number of rotatable bonds is 9. The molecule has 10 heteroatoms. The molecule has 4 aromatic carbocycles. The third kappa shape index (κ3) is 10.5. The van der Waals surface area contributed by atoms with Crippen molar-refractivity contribution in [1.82, 2.24) is 35.0 Å². The highest BCUT2D eigenvalue weighted by Crippen LogP contribution is 2.26. The van der Waals surface area contributed by atoms with Gasteiger partial charge in [-0.05, 0) is 90.0 Å². The Morgan fingerprint density at radius 3 is 2.44 bits per heavy atom. The zero-order valence-corrected chi connectivity index (χ0v) is 35.8. The van der Waals surface area contributed by atoms with Crippen LogP contribution in [0.4, 0.5) is 0 Å². The van der Waals surface area contributed by atoms with E-state index < -0.39 is 0 Å². The van der Waals surface area contributed by atoms with Crippen LogP contribution in [0.3, 0.4) is 0 Å². The molecule has 0 spiro atoms. The Bertz CT molecular complexity index is 2840. The van der Waals surface area contributed by atoms with E-state index in [4.69, 9.17) is 4.98 Å². The largest absolute Gasteiger partial charge is 0.332 e. The van der Waals surface area contributed by atoms with Crippen LogP contribution in [0.25, 0.3) is 28.4 Å². The number of hydrogen-bond donors (Lipinski definition) is 1. The van der Waals surface area contributed by atoms with Crippen LogP contribution < -0.4 is 5.32 Å². The van der Waals surface area contributed by atoms with Crippen molar-refractivity contribution in [2.75, 3.05) is 45.8 Å². The number of carbonyl (C=O) groups excluding carboxylic acids is 3. The summed E-state index contributed by atoms with van der Waals surface area (Å²) in [6.45, 7) is 6.71. The van der Waals surface area contributed by atoms with Gasteiger partial charge in [0.25, 0.3) is 5.91 Å². The number of piperazine rings is 1. The van der Waals surface area contributed by atoms with Gasteiger partial charge >= 0.3 is 0 Å². The maximum absolute atomic E-state index is 13.6. The number of pyridine rings is 1. The highest BCUT2D eigenvalue weighted by Gasteiger charge is 2.28. The smallest absolute Gasteiger partial charge is 0.254 e. The second-order valence-corrected chi connectivity index (χ2v) is 16.6. The highest BCUT2D eigenvalue weighted by atomic mass is 16.2. The Hall–Kier alpha value is -7.24. The Morgan fingerprint density at radius 2 is 1.59 bits per heavy atom. The molecular weight excluding hydrogens is 795 g/mol. The molecule has 3 aliphatic heterocycles. The number of piperidine rings is 1. The minimum absolute atomic E-state index is 0.00930. The topological polar surface area (TPSA) is 112 Å². The van der Waals surface area contributed by atoms with Crippen molar-refractivity contribution >= 4 is 34.7 Å². The second kappa shape index (κ2) is 19.9. The van der Waals surface area contributed by atoms with Crippen LogP contribution in [0.1, 0.15) is 74.6 Å². The first kappa shape index (κ1) is 42.1. The van der Waals surface area contributed by atoms with E-state index in [9.17, 15) is 14.4 Å². The average Bonchev–Trinajstić information content (AvgIpc) is 3.33. The number of amides is 3. The molecule has 1 unspecified atom stereocenters. The molecule has 1 atom stereocenters. The number of imide groups is 1. The fourth-order valence-corrected chi connectivity index (χ4v) is 8.43. The minimum atomic E-state index is -0.293. The van der Waals surface area contributed by atoms with Gasteiger partial charge in [-0.3, -0.25) is 34.5 Å². The Morgan fingerprint density at radius 1 is 0.781 bits per heavy atom. The first-order chi connectivity index (χ1) is 31.4. The lowest BCUT2D eigenvalue weighted by Gasteiger charge is -2.33.